The van der Waals surface area contributed by atoms with Gasteiger partial charge in [-0.25, -0.2) is 4.79 Å². The number of benzene rings is 2. The van der Waals surface area contributed by atoms with E-state index < -0.39 is 17.5 Å². The van der Waals surface area contributed by atoms with E-state index >= 15 is 0 Å². The Bertz CT molecular complexity index is 747. The van der Waals surface area contributed by atoms with Crippen molar-refractivity contribution in [1.82, 2.24) is 0 Å². The van der Waals surface area contributed by atoms with Crippen molar-refractivity contribution in [2.24, 2.45) is 0 Å². The molecule has 0 radical (unpaired) electrons. The SMILES string of the molecule is COc1ccc(/C(O)=C/C(=O)C(=O)O)cc1Cc1ccccc1. The summed E-state index contributed by atoms with van der Waals surface area (Å²) in [6.45, 7) is 0. The molecule has 0 heterocycles. The molecule has 0 spiro atoms. The number of ether oxygens (including phenoxy) is 1. The predicted octanol–water partition coefficient (Wildman–Crippen LogP) is 2.84. The highest BCUT2D eigenvalue weighted by Crippen LogP contribution is 2.25. The lowest BCUT2D eigenvalue weighted by molar-refractivity contribution is -0.146. The van der Waals surface area contributed by atoms with Gasteiger partial charge in [-0.15, -0.1) is 0 Å². The van der Waals surface area contributed by atoms with E-state index in [4.69, 9.17) is 9.84 Å². The Hall–Kier alpha value is -3.08. The Morgan fingerprint density at radius 2 is 1.78 bits per heavy atom. The first-order valence-corrected chi connectivity index (χ1v) is 6.90. The van der Waals surface area contributed by atoms with Gasteiger partial charge in [-0.1, -0.05) is 30.3 Å². The summed E-state index contributed by atoms with van der Waals surface area (Å²) < 4.78 is 5.31. The van der Waals surface area contributed by atoms with Crippen molar-refractivity contribution in [3.05, 3.63) is 71.3 Å². The van der Waals surface area contributed by atoms with Crippen LogP contribution >= 0.6 is 0 Å². The van der Waals surface area contributed by atoms with Gasteiger partial charge in [0.25, 0.3) is 5.78 Å². The van der Waals surface area contributed by atoms with Gasteiger partial charge in [0.05, 0.1) is 7.11 Å². The van der Waals surface area contributed by atoms with Gasteiger partial charge in [0.15, 0.2) is 0 Å². The van der Waals surface area contributed by atoms with Crippen LogP contribution < -0.4 is 4.74 Å². The summed E-state index contributed by atoms with van der Waals surface area (Å²) in [7, 11) is 1.55. The number of aliphatic carboxylic acids is 1. The maximum absolute atomic E-state index is 11.2. The molecule has 118 valence electrons. The van der Waals surface area contributed by atoms with Crippen LogP contribution in [0, 0.1) is 0 Å². The maximum atomic E-state index is 11.2. The molecule has 0 aliphatic carbocycles. The van der Waals surface area contributed by atoms with Crippen molar-refractivity contribution < 1.29 is 24.5 Å². The number of hydrogen-bond donors (Lipinski definition) is 2. The fraction of sp³-hybridized carbons (Fsp3) is 0.111. The molecular formula is C18H16O5. The number of aliphatic hydroxyl groups is 1. The molecule has 0 aromatic heterocycles. The smallest absolute Gasteiger partial charge is 0.376 e. The minimum atomic E-state index is -1.62. The Morgan fingerprint density at radius 1 is 1.09 bits per heavy atom. The highest BCUT2D eigenvalue weighted by molar-refractivity contribution is 6.38. The molecule has 2 aromatic rings. The van der Waals surface area contributed by atoms with Crippen LogP contribution in [0.15, 0.2) is 54.6 Å². The van der Waals surface area contributed by atoms with Crippen molar-refractivity contribution in [3.8, 4) is 5.75 Å². The van der Waals surface area contributed by atoms with Crippen LogP contribution in [0.1, 0.15) is 16.7 Å². The fourth-order valence-corrected chi connectivity index (χ4v) is 2.16. The largest absolute Gasteiger partial charge is 0.507 e. The third-order valence-corrected chi connectivity index (χ3v) is 3.29. The van der Waals surface area contributed by atoms with Gasteiger partial charge in [-0.05, 0) is 29.3 Å². The highest BCUT2D eigenvalue weighted by Gasteiger charge is 2.12. The molecule has 0 saturated carbocycles. The van der Waals surface area contributed by atoms with Gasteiger partial charge >= 0.3 is 5.97 Å². The van der Waals surface area contributed by atoms with Crippen molar-refractivity contribution in [3.63, 3.8) is 0 Å². The van der Waals surface area contributed by atoms with Crippen LogP contribution in [0.25, 0.3) is 5.76 Å². The number of carboxylic acid groups (broad SMARTS) is 1. The molecule has 5 nitrogen and oxygen atoms in total. The monoisotopic (exact) mass is 312 g/mol. The summed E-state index contributed by atoms with van der Waals surface area (Å²) in [5.74, 6) is -2.54. The summed E-state index contributed by atoms with van der Waals surface area (Å²) >= 11 is 0. The molecule has 23 heavy (non-hydrogen) atoms. The number of carboxylic acids is 1. The van der Waals surface area contributed by atoms with Crippen LogP contribution in [0.4, 0.5) is 0 Å². The first kappa shape index (κ1) is 16.3. The van der Waals surface area contributed by atoms with Gasteiger partial charge < -0.3 is 14.9 Å². The lowest BCUT2D eigenvalue weighted by Crippen LogP contribution is -2.09. The highest BCUT2D eigenvalue weighted by atomic mass is 16.5. The van der Waals surface area contributed by atoms with Gasteiger partial charge in [0.1, 0.15) is 11.5 Å². The maximum Gasteiger partial charge on any atom is 0.376 e. The minimum Gasteiger partial charge on any atom is -0.507 e. The topological polar surface area (TPSA) is 83.8 Å². The lowest BCUT2D eigenvalue weighted by Gasteiger charge is -2.11. The number of carbonyl (C=O) groups is 2. The van der Waals surface area contributed by atoms with E-state index in [0.29, 0.717) is 23.8 Å². The van der Waals surface area contributed by atoms with Crippen LogP contribution in [-0.4, -0.2) is 29.1 Å². The van der Waals surface area contributed by atoms with Crippen LogP contribution in [0.2, 0.25) is 0 Å². The quantitative estimate of drug-likeness (QED) is 0.487. The second kappa shape index (κ2) is 7.26. The Kier molecular flexibility index (Phi) is 5.15. The summed E-state index contributed by atoms with van der Waals surface area (Å²) in [5.41, 5.74) is 2.23. The second-order valence-electron chi connectivity index (χ2n) is 4.89. The molecule has 0 unspecified atom stereocenters. The second-order valence-corrected chi connectivity index (χ2v) is 4.89. The molecule has 0 atom stereocenters. The lowest BCUT2D eigenvalue weighted by atomic mass is 10.0. The average Bonchev–Trinajstić information content (AvgIpc) is 2.55. The minimum absolute atomic E-state index is 0.353. The zero-order valence-electron chi connectivity index (χ0n) is 12.5. The molecule has 0 fully saturated rings. The third kappa shape index (κ3) is 4.20. The van der Waals surface area contributed by atoms with Crippen LogP contribution in [0.3, 0.4) is 0 Å². The number of ketones is 1. The standard InChI is InChI=1S/C18H16O5/c1-23-17-8-7-13(15(19)11-16(20)18(21)22)10-14(17)9-12-5-3-2-4-6-12/h2-8,10-11,19H,9H2,1H3,(H,21,22)/b15-11-. The Morgan fingerprint density at radius 3 is 2.39 bits per heavy atom. The molecular weight excluding hydrogens is 296 g/mol. The van der Waals surface area contributed by atoms with Gasteiger partial charge in [0, 0.05) is 18.1 Å². The molecule has 0 saturated heterocycles. The van der Waals surface area contributed by atoms with E-state index in [2.05, 4.69) is 0 Å². The van der Waals surface area contributed by atoms with Crippen LogP contribution in [0.5, 0.6) is 5.75 Å². The normalized spacial score (nSPS) is 11.1. The first-order chi connectivity index (χ1) is 11.0. The summed E-state index contributed by atoms with van der Waals surface area (Å²) in [5, 5.41) is 18.5. The molecule has 2 rings (SSSR count). The molecule has 0 bridgehead atoms. The molecule has 0 amide bonds. The number of rotatable bonds is 6. The zero-order valence-corrected chi connectivity index (χ0v) is 12.5. The van der Waals surface area contributed by atoms with E-state index in [1.165, 1.54) is 0 Å². The summed E-state index contributed by atoms with van der Waals surface area (Å²) in [6.07, 6.45) is 1.27. The van der Waals surface area contributed by atoms with E-state index in [1.54, 1.807) is 25.3 Å². The molecule has 0 aliphatic heterocycles. The van der Waals surface area contributed by atoms with Crippen molar-refractivity contribution in [1.29, 1.82) is 0 Å². The number of carbonyl (C=O) groups excluding carboxylic acids is 1. The van der Waals surface area contributed by atoms with Crippen molar-refractivity contribution in [2.75, 3.05) is 7.11 Å². The van der Waals surface area contributed by atoms with Crippen molar-refractivity contribution in [2.45, 2.75) is 6.42 Å². The van der Waals surface area contributed by atoms with Crippen LogP contribution in [-0.2, 0) is 16.0 Å². The Labute approximate surface area is 133 Å². The number of aliphatic hydroxyl groups excluding tert-OH is 1. The number of hydrogen-bond acceptors (Lipinski definition) is 4. The van der Waals surface area contributed by atoms with Gasteiger partial charge in [-0.2, -0.15) is 0 Å². The van der Waals surface area contributed by atoms with E-state index in [9.17, 15) is 14.7 Å². The summed E-state index contributed by atoms with van der Waals surface area (Å²) in [4.78, 5) is 21.7. The Balaban J connectivity index is 2.35. The molecule has 5 heteroatoms. The molecule has 0 aliphatic rings. The average molecular weight is 312 g/mol. The van der Waals surface area contributed by atoms with E-state index in [-0.39, 0.29) is 0 Å². The molecule has 2 aromatic carbocycles. The van der Waals surface area contributed by atoms with E-state index in [0.717, 1.165) is 11.1 Å². The fourth-order valence-electron chi connectivity index (χ4n) is 2.16. The predicted molar refractivity (Wildman–Crippen MR) is 85.5 cm³/mol. The third-order valence-electron chi connectivity index (χ3n) is 3.29. The van der Waals surface area contributed by atoms with Crippen molar-refractivity contribution >= 4 is 17.5 Å². The zero-order chi connectivity index (χ0) is 16.8. The summed E-state index contributed by atoms with van der Waals surface area (Å²) in [6, 6.07) is 14.6. The number of methoxy groups -OCH3 is 1. The first-order valence-electron chi connectivity index (χ1n) is 6.90. The van der Waals surface area contributed by atoms with E-state index in [1.807, 2.05) is 30.3 Å². The van der Waals surface area contributed by atoms with Gasteiger partial charge in [-0.3, -0.25) is 4.79 Å². The molecule has 2 N–H and O–H groups in total. The van der Waals surface area contributed by atoms with Gasteiger partial charge in [0.2, 0.25) is 0 Å².